The number of carboxylic acid groups (broad SMARTS) is 2. The van der Waals surface area contributed by atoms with Crippen LogP contribution in [-0.2, 0) is 13.7 Å². The molecular formula is C18H34O5Si2. The van der Waals surface area contributed by atoms with Crippen molar-refractivity contribution in [1.82, 2.24) is 0 Å². The predicted octanol–water partition coefficient (Wildman–Crippen LogP) is 4.87. The van der Waals surface area contributed by atoms with Crippen LogP contribution < -0.4 is 0 Å². The van der Waals surface area contributed by atoms with Crippen molar-refractivity contribution in [2.24, 2.45) is 5.92 Å². The molecule has 2 N–H and O–H groups in total. The summed E-state index contributed by atoms with van der Waals surface area (Å²) < 4.78 is 6.29. The van der Waals surface area contributed by atoms with Crippen LogP contribution >= 0.6 is 0 Å². The molecular weight excluding hydrogens is 352 g/mol. The van der Waals surface area contributed by atoms with E-state index in [9.17, 15) is 19.8 Å². The lowest BCUT2D eigenvalue weighted by Crippen LogP contribution is -2.42. The van der Waals surface area contributed by atoms with Crippen molar-refractivity contribution in [3.8, 4) is 0 Å². The van der Waals surface area contributed by atoms with Gasteiger partial charge in [0.15, 0.2) is 16.6 Å². The van der Waals surface area contributed by atoms with Crippen molar-refractivity contribution in [2.45, 2.75) is 83.7 Å². The lowest BCUT2D eigenvalue weighted by atomic mass is 9.81. The molecule has 0 unspecified atom stereocenters. The Morgan fingerprint density at radius 2 is 1.52 bits per heavy atom. The summed E-state index contributed by atoms with van der Waals surface area (Å²) in [7, 11) is -3.46. The number of carboxylic acids is 2. The summed E-state index contributed by atoms with van der Waals surface area (Å²) in [6.07, 6.45) is 5.65. The monoisotopic (exact) mass is 386 g/mol. The van der Waals surface area contributed by atoms with E-state index in [4.69, 9.17) is 4.12 Å². The molecule has 0 aromatic carbocycles. The molecule has 0 aliphatic heterocycles. The molecule has 1 aliphatic carbocycles. The van der Waals surface area contributed by atoms with Crippen molar-refractivity contribution in [2.75, 3.05) is 0 Å². The van der Waals surface area contributed by atoms with Gasteiger partial charge in [-0.1, -0.05) is 19.3 Å². The molecule has 5 nitrogen and oxygen atoms in total. The van der Waals surface area contributed by atoms with Gasteiger partial charge in [0.1, 0.15) is 0 Å². The van der Waals surface area contributed by atoms with Crippen molar-refractivity contribution in [3.63, 3.8) is 0 Å². The second-order valence-corrected chi connectivity index (χ2v) is 17.7. The zero-order valence-electron chi connectivity index (χ0n) is 16.4. The fourth-order valence-electron chi connectivity index (χ4n) is 3.87. The summed E-state index contributed by atoms with van der Waals surface area (Å²) in [5.74, 6) is -2.24. The standard InChI is InChI=1S/C18H34O5Si2/c1-24(2,3)23-25(4,5)13-9-12-15(17(19)20)16(18(21)22)14-10-7-6-8-11-14/h14H,6-13H2,1-5H3,(H,19,20)(H,21,22)/b16-15+. The third kappa shape index (κ3) is 7.87. The first-order valence-corrected chi connectivity index (χ1v) is 15.8. The molecule has 0 saturated heterocycles. The molecule has 0 spiro atoms. The highest BCUT2D eigenvalue weighted by atomic mass is 28.4. The Bertz CT molecular complexity index is 514. The summed E-state index contributed by atoms with van der Waals surface area (Å²) in [6.45, 7) is 10.8. The summed E-state index contributed by atoms with van der Waals surface area (Å²) in [6, 6.07) is 0.853. The normalized spacial score (nSPS) is 18.0. The van der Waals surface area contributed by atoms with Gasteiger partial charge in [-0.3, -0.25) is 0 Å². The second kappa shape index (κ2) is 9.14. The van der Waals surface area contributed by atoms with E-state index in [1.165, 1.54) is 0 Å². The van der Waals surface area contributed by atoms with E-state index in [0.717, 1.165) is 38.1 Å². The summed E-state index contributed by atoms with van der Waals surface area (Å²) in [5.41, 5.74) is 0.259. The van der Waals surface area contributed by atoms with E-state index in [2.05, 4.69) is 32.7 Å². The Morgan fingerprint density at radius 3 is 1.96 bits per heavy atom. The first-order valence-electron chi connectivity index (χ1n) is 9.33. The van der Waals surface area contributed by atoms with Crippen LogP contribution in [0.5, 0.6) is 0 Å². The lowest BCUT2D eigenvalue weighted by molar-refractivity contribution is -0.136. The highest BCUT2D eigenvalue weighted by Crippen LogP contribution is 2.33. The van der Waals surface area contributed by atoms with Gasteiger partial charge in [0.25, 0.3) is 0 Å². The number of hydrogen-bond donors (Lipinski definition) is 2. The van der Waals surface area contributed by atoms with Gasteiger partial charge in [-0.2, -0.15) is 0 Å². The van der Waals surface area contributed by atoms with Gasteiger partial charge in [-0.15, -0.1) is 0 Å². The molecule has 1 aliphatic rings. The second-order valence-electron chi connectivity index (χ2n) is 8.67. The van der Waals surface area contributed by atoms with E-state index < -0.39 is 28.6 Å². The molecule has 0 aromatic heterocycles. The van der Waals surface area contributed by atoms with Gasteiger partial charge in [0.05, 0.1) is 5.57 Å². The Balaban J connectivity index is 2.87. The minimum absolute atomic E-state index is 0.109. The molecule has 25 heavy (non-hydrogen) atoms. The van der Waals surface area contributed by atoms with E-state index in [-0.39, 0.29) is 17.1 Å². The van der Waals surface area contributed by atoms with Crippen LogP contribution in [0.4, 0.5) is 0 Å². The van der Waals surface area contributed by atoms with Crippen LogP contribution in [0.15, 0.2) is 11.1 Å². The number of rotatable bonds is 9. The molecule has 0 heterocycles. The zero-order valence-corrected chi connectivity index (χ0v) is 18.4. The molecule has 0 amide bonds. The highest BCUT2D eigenvalue weighted by Gasteiger charge is 2.31. The maximum atomic E-state index is 11.8. The lowest BCUT2D eigenvalue weighted by Gasteiger charge is -2.31. The molecule has 0 aromatic rings. The largest absolute Gasteiger partial charge is 0.478 e. The van der Waals surface area contributed by atoms with E-state index in [0.29, 0.717) is 12.8 Å². The Labute approximate surface area is 153 Å². The van der Waals surface area contributed by atoms with E-state index in [1.807, 2.05) is 0 Å². The molecule has 1 saturated carbocycles. The highest BCUT2D eigenvalue weighted by molar-refractivity contribution is 6.84. The maximum Gasteiger partial charge on any atom is 0.332 e. The van der Waals surface area contributed by atoms with Gasteiger partial charge in [-0.05, 0) is 70.4 Å². The molecule has 1 fully saturated rings. The van der Waals surface area contributed by atoms with Gasteiger partial charge >= 0.3 is 11.9 Å². The van der Waals surface area contributed by atoms with Crippen molar-refractivity contribution < 1.29 is 23.9 Å². The predicted molar refractivity (Wildman–Crippen MR) is 105 cm³/mol. The Kier molecular flexibility index (Phi) is 8.08. The molecule has 0 atom stereocenters. The van der Waals surface area contributed by atoms with Gasteiger partial charge < -0.3 is 14.3 Å². The molecule has 1 rings (SSSR count). The van der Waals surface area contributed by atoms with Crippen molar-refractivity contribution >= 4 is 28.6 Å². The summed E-state index contributed by atoms with van der Waals surface area (Å²) in [4.78, 5) is 23.5. The maximum absolute atomic E-state index is 11.8. The first kappa shape index (κ1) is 22.1. The van der Waals surface area contributed by atoms with Crippen molar-refractivity contribution in [3.05, 3.63) is 11.1 Å². The average molecular weight is 387 g/mol. The smallest absolute Gasteiger partial charge is 0.332 e. The van der Waals surface area contributed by atoms with Crippen LogP contribution in [0.25, 0.3) is 0 Å². The van der Waals surface area contributed by atoms with Crippen LogP contribution in [-0.4, -0.2) is 38.8 Å². The van der Waals surface area contributed by atoms with Gasteiger partial charge in [0, 0.05) is 5.57 Å². The zero-order chi connectivity index (χ0) is 19.3. The molecule has 144 valence electrons. The third-order valence-corrected chi connectivity index (χ3v) is 10.8. The average Bonchev–Trinajstić information content (AvgIpc) is 2.44. The van der Waals surface area contributed by atoms with Crippen LogP contribution in [0.2, 0.25) is 38.8 Å². The van der Waals surface area contributed by atoms with Crippen LogP contribution in [0, 0.1) is 5.92 Å². The van der Waals surface area contributed by atoms with E-state index in [1.54, 1.807) is 0 Å². The fourth-order valence-corrected chi connectivity index (χ4v) is 11.9. The number of hydrogen-bond acceptors (Lipinski definition) is 3. The molecule has 0 radical (unpaired) electrons. The molecule has 7 heteroatoms. The number of aliphatic carboxylic acids is 2. The third-order valence-electron chi connectivity index (χ3n) is 4.62. The van der Waals surface area contributed by atoms with Crippen LogP contribution in [0.3, 0.4) is 0 Å². The quantitative estimate of drug-likeness (QED) is 0.436. The molecule has 0 bridgehead atoms. The minimum Gasteiger partial charge on any atom is -0.478 e. The summed E-state index contributed by atoms with van der Waals surface area (Å²) in [5, 5.41) is 19.2. The summed E-state index contributed by atoms with van der Waals surface area (Å²) >= 11 is 0. The Hall–Kier alpha value is -0.926. The number of carbonyl (C=O) groups is 2. The van der Waals surface area contributed by atoms with Gasteiger partial charge in [0.2, 0.25) is 0 Å². The first-order chi connectivity index (χ1) is 11.4. The topological polar surface area (TPSA) is 83.8 Å². The van der Waals surface area contributed by atoms with Crippen molar-refractivity contribution in [1.29, 1.82) is 0 Å². The minimum atomic E-state index is -1.84. The fraction of sp³-hybridized carbons (Fsp3) is 0.778. The Morgan fingerprint density at radius 1 is 0.960 bits per heavy atom. The SMILES string of the molecule is C[Si](C)(C)O[Si](C)(C)CCC/C(C(=O)O)=C(\C(=O)O)C1CCCCC1. The van der Waals surface area contributed by atoms with Gasteiger partial charge in [-0.25, -0.2) is 9.59 Å². The van der Waals surface area contributed by atoms with Crippen LogP contribution in [0.1, 0.15) is 44.9 Å². The van der Waals surface area contributed by atoms with E-state index >= 15 is 0 Å².